The number of ether oxygens (including phenoxy) is 1. The van der Waals surface area contributed by atoms with Gasteiger partial charge in [0.15, 0.2) is 11.0 Å². The molecule has 0 aliphatic carbocycles. The normalized spacial score (nSPS) is 11.8. The molecular weight excluding hydrogens is 568 g/mol. The monoisotopic (exact) mass is 598 g/mol. The molecule has 1 aromatic heterocycles. The number of thioether (sulfide) groups is 1. The number of anilines is 1. The molecule has 218 valence electrons. The van der Waals surface area contributed by atoms with Crippen molar-refractivity contribution in [3.05, 3.63) is 139 Å². The second-order valence-corrected chi connectivity index (χ2v) is 11.2. The van der Waals surface area contributed by atoms with Gasteiger partial charge in [0.1, 0.15) is 11.5 Å². The third-order valence-electron chi connectivity index (χ3n) is 6.82. The lowest BCUT2D eigenvalue weighted by atomic mass is 10.1. The molecule has 0 aliphatic heterocycles. The number of para-hydroxylation sites is 2. The van der Waals surface area contributed by atoms with Crippen molar-refractivity contribution in [2.75, 3.05) is 5.32 Å². The maximum atomic E-state index is 13.0. The van der Waals surface area contributed by atoms with Gasteiger partial charge in [0, 0.05) is 16.8 Å². The fourth-order valence-electron chi connectivity index (χ4n) is 4.64. The average Bonchev–Trinajstić information content (AvgIpc) is 3.46. The number of hydrazone groups is 1. The van der Waals surface area contributed by atoms with Crippen molar-refractivity contribution >= 4 is 40.3 Å². The molecule has 6 rings (SSSR count). The van der Waals surface area contributed by atoms with Crippen LogP contribution in [0.5, 0.6) is 11.5 Å². The van der Waals surface area contributed by atoms with Gasteiger partial charge in [-0.25, -0.2) is 5.43 Å². The second kappa shape index (κ2) is 13.7. The molecule has 1 atom stereocenters. The summed E-state index contributed by atoms with van der Waals surface area (Å²) in [6, 6.07) is 41.4. The summed E-state index contributed by atoms with van der Waals surface area (Å²) in [5, 5.41) is 19.1. The lowest BCUT2D eigenvalue weighted by Gasteiger charge is -2.14. The van der Waals surface area contributed by atoms with E-state index in [0.29, 0.717) is 17.5 Å². The van der Waals surface area contributed by atoms with Gasteiger partial charge in [0.25, 0.3) is 5.91 Å². The van der Waals surface area contributed by atoms with E-state index >= 15 is 0 Å². The summed E-state index contributed by atoms with van der Waals surface area (Å²) in [7, 11) is 0. The number of hydrogen-bond acceptors (Lipinski definition) is 7. The molecule has 0 spiro atoms. The highest BCUT2D eigenvalue weighted by Gasteiger charge is 2.21. The highest BCUT2D eigenvalue weighted by Crippen LogP contribution is 2.28. The zero-order valence-corrected chi connectivity index (χ0v) is 24.8. The number of hydrogen-bond donors (Lipinski definition) is 2. The van der Waals surface area contributed by atoms with E-state index < -0.39 is 5.25 Å². The first-order valence-corrected chi connectivity index (χ1v) is 15.1. The Balaban J connectivity index is 1.13. The van der Waals surface area contributed by atoms with Crippen molar-refractivity contribution in [3.63, 3.8) is 0 Å². The number of aromatic nitrogens is 3. The number of nitrogens with zero attached hydrogens (tertiary/aromatic N) is 4. The zero-order valence-electron chi connectivity index (χ0n) is 24.0. The van der Waals surface area contributed by atoms with E-state index in [1.165, 1.54) is 11.8 Å². The largest absolute Gasteiger partial charge is 0.457 e. The van der Waals surface area contributed by atoms with E-state index in [0.717, 1.165) is 39.3 Å². The zero-order chi connectivity index (χ0) is 30.1. The van der Waals surface area contributed by atoms with Crippen molar-refractivity contribution in [2.24, 2.45) is 5.10 Å². The van der Waals surface area contributed by atoms with Crippen molar-refractivity contribution < 1.29 is 9.53 Å². The van der Waals surface area contributed by atoms with E-state index in [9.17, 15) is 4.79 Å². The summed E-state index contributed by atoms with van der Waals surface area (Å²) in [4.78, 5) is 13.0. The molecule has 1 amide bonds. The van der Waals surface area contributed by atoms with Gasteiger partial charge in [-0.2, -0.15) is 5.10 Å². The van der Waals surface area contributed by atoms with Gasteiger partial charge >= 0.3 is 0 Å². The molecule has 2 N–H and O–H groups in total. The number of carbonyl (C=O) groups is 1. The van der Waals surface area contributed by atoms with Crippen LogP contribution in [-0.2, 0) is 11.3 Å². The molecular formula is C35H30N6O2S. The standard InChI is InChI=1S/C35H30N6O2S/c1-25(34(42)39-37-23-26-12-10-19-30(22-26)43-29-17-6-3-7-18-29)44-35-40-38-33(41(35)28-15-4-2-5-16-28)24-36-32-21-11-14-27-13-8-9-20-31(27)32/h2-23,25,36H,24H2,1H3,(H,39,42)/b37-23-. The van der Waals surface area contributed by atoms with E-state index in [1.54, 1.807) is 6.21 Å². The van der Waals surface area contributed by atoms with Gasteiger partial charge in [0.05, 0.1) is 18.0 Å². The van der Waals surface area contributed by atoms with Gasteiger partial charge < -0.3 is 10.1 Å². The third-order valence-corrected chi connectivity index (χ3v) is 7.86. The molecule has 1 unspecified atom stereocenters. The molecule has 1 heterocycles. The highest BCUT2D eigenvalue weighted by atomic mass is 32.2. The summed E-state index contributed by atoms with van der Waals surface area (Å²) in [5.41, 5.74) is 5.38. The third kappa shape index (κ3) is 6.96. The van der Waals surface area contributed by atoms with Crippen LogP contribution in [0.25, 0.3) is 16.5 Å². The van der Waals surface area contributed by atoms with Crippen LogP contribution >= 0.6 is 11.8 Å². The van der Waals surface area contributed by atoms with Crippen LogP contribution in [0, 0.1) is 0 Å². The van der Waals surface area contributed by atoms with Crippen LogP contribution in [0.2, 0.25) is 0 Å². The molecule has 0 saturated carbocycles. The Bertz CT molecular complexity index is 1890. The van der Waals surface area contributed by atoms with Crippen LogP contribution in [0.4, 0.5) is 5.69 Å². The van der Waals surface area contributed by atoms with Crippen molar-refractivity contribution in [1.82, 2.24) is 20.2 Å². The number of benzene rings is 5. The topological polar surface area (TPSA) is 93.4 Å². The van der Waals surface area contributed by atoms with E-state index in [2.05, 4.69) is 50.3 Å². The van der Waals surface area contributed by atoms with Gasteiger partial charge in [0.2, 0.25) is 0 Å². The van der Waals surface area contributed by atoms with Gasteiger partial charge in [-0.05, 0) is 60.3 Å². The molecule has 8 nitrogen and oxygen atoms in total. The fourth-order valence-corrected chi connectivity index (χ4v) is 5.52. The van der Waals surface area contributed by atoms with Crippen molar-refractivity contribution in [3.8, 4) is 17.2 Å². The lowest BCUT2D eigenvalue weighted by Crippen LogP contribution is -2.27. The Morgan fingerprint density at radius 3 is 2.41 bits per heavy atom. The van der Waals surface area contributed by atoms with Crippen LogP contribution < -0.4 is 15.5 Å². The maximum absolute atomic E-state index is 13.0. The Kier molecular flexibility index (Phi) is 8.94. The van der Waals surface area contributed by atoms with Crippen LogP contribution in [0.1, 0.15) is 18.3 Å². The second-order valence-electron chi connectivity index (χ2n) is 9.93. The maximum Gasteiger partial charge on any atom is 0.253 e. The minimum Gasteiger partial charge on any atom is -0.457 e. The van der Waals surface area contributed by atoms with Crippen LogP contribution in [-0.4, -0.2) is 32.1 Å². The van der Waals surface area contributed by atoms with Crippen LogP contribution in [0.15, 0.2) is 138 Å². The SMILES string of the molecule is CC(Sc1nnc(CNc2cccc3ccccc23)n1-c1ccccc1)C(=O)N/N=C\c1cccc(Oc2ccccc2)c1. The number of rotatable bonds is 11. The van der Waals surface area contributed by atoms with Gasteiger partial charge in [-0.1, -0.05) is 96.7 Å². The molecule has 6 aromatic rings. The molecule has 44 heavy (non-hydrogen) atoms. The first-order valence-electron chi connectivity index (χ1n) is 14.2. The first kappa shape index (κ1) is 28.7. The number of nitrogens with one attached hydrogen (secondary N) is 2. The van der Waals surface area contributed by atoms with Gasteiger partial charge in [-0.15, -0.1) is 10.2 Å². The highest BCUT2D eigenvalue weighted by molar-refractivity contribution is 8.00. The molecule has 0 fully saturated rings. The number of fused-ring (bicyclic) bond motifs is 1. The summed E-state index contributed by atoms with van der Waals surface area (Å²) in [5.74, 6) is 1.91. The molecule has 0 radical (unpaired) electrons. The van der Waals surface area contributed by atoms with E-state index in [1.807, 2.05) is 115 Å². The molecule has 5 aromatic carbocycles. The van der Waals surface area contributed by atoms with Crippen LogP contribution in [0.3, 0.4) is 0 Å². The lowest BCUT2D eigenvalue weighted by molar-refractivity contribution is -0.120. The number of carbonyl (C=O) groups excluding carboxylic acids is 1. The minimum atomic E-state index is -0.481. The quantitative estimate of drug-likeness (QED) is 0.0914. The summed E-state index contributed by atoms with van der Waals surface area (Å²) in [6.45, 7) is 2.27. The molecule has 0 bridgehead atoms. The Hall–Kier alpha value is -5.41. The smallest absolute Gasteiger partial charge is 0.253 e. The van der Waals surface area contributed by atoms with E-state index in [-0.39, 0.29) is 5.91 Å². The molecule has 9 heteroatoms. The number of amides is 1. The van der Waals surface area contributed by atoms with Crippen molar-refractivity contribution in [2.45, 2.75) is 23.9 Å². The van der Waals surface area contributed by atoms with Crippen molar-refractivity contribution in [1.29, 1.82) is 0 Å². The van der Waals surface area contributed by atoms with Gasteiger partial charge in [-0.3, -0.25) is 9.36 Å². The summed E-state index contributed by atoms with van der Waals surface area (Å²) in [6.07, 6.45) is 1.59. The first-order chi connectivity index (χ1) is 21.6. The Morgan fingerprint density at radius 1 is 0.864 bits per heavy atom. The van der Waals surface area contributed by atoms with E-state index in [4.69, 9.17) is 4.74 Å². The predicted octanol–water partition coefficient (Wildman–Crippen LogP) is 7.46. The summed E-state index contributed by atoms with van der Waals surface area (Å²) >= 11 is 1.32. The Labute approximate surface area is 259 Å². The molecule has 0 saturated heterocycles. The minimum absolute atomic E-state index is 0.249. The molecule has 0 aliphatic rings. The predicted molar refractivity (Wildman–Crippen MR) is 177 cm³/mol. The summed E-state index contributed by atoms with van der Waals surface area (Å²) < 4.78 is 7.87. The average molecular weight is 599 g/mol. The fraction of sp³-hybridized carbons (Fsp3) is 0.0857. The Morgan fingerprint density at radius 2 is 1.57 bits per heavy atom.